The van der Waals surface area contributed by atoms with E-state index in [1.807, 2.05) is 31.3 Å². The summed E-state index contributed by atoms with van der Waals surface area (Å²) >= 11 is 0. The number of hydrogen-bond acceptors (Lipinski definition) is 2. The number of pyridine rings is 1. The minimum absolute atomic E-state index is 0.676. The molecule has 0 spiro atoms. The van der Waals surface area contributed by atoms with Crippen LogP contribution in [0.4, 0.5) is 5.82 Å². The Bertz CT molecular complexity index is 389. The van der Waals surface area contributed by atoms with Crippen molar-refractivity contribution in [3.63, 3.8) is 0 Å². The summed E-state index contributed by atoms with van der Waals surface area (Å²) in [4.78, 5) is 0. The number of hydrogen-bond donors (Lipinski definition) is 1. The number of aromatic nitrogens is 2. The van der Waals surface area contributed by atoms with Crippen molar-refractivity contribution in [3.05, 3.63) is 30.0 Å². The Morgan fingerprint density at radius 3 is 3.00 bits per heavy atom. The lowest BCUT2D eigenvalue weighted by atomic mass is 10.3. The highest BCUT2D eigenvalue weighted by Crippen LogP contribution is 2.11. The summed E-state index contributed by atoms with van der Waals surface area (Å²) in [6.45, 7) is 2.02. The second kappa shape index (κ2) is 1.99. The van der Waals surface area contributed by atoms with Crippen molar-refractivity contribution in [2.75, 3.05) is 5.73 Å². The number of rotatable bonds is 0. The molecule has 56 valence electrons. The molecule has 2 N–H and O–H groups in total. The molecule has 11 heavy (non-hydrogen) atoms. The molecule has 3 nitrogen and oxygen atoms in total. The molecular weight excluding hydrogens is 138 g/mol. The van der Waals surface area contributed by atoms with Gasteiger partial charge in [0.15, 0.2) is 0 Å². The van der Waals surface area contributed by atoms with Crippen LogP contribution in [0.3, 0.4) is 0 Å². The molecule has 0 radical (unpaired) electrons. The minimum Gasteiger partial charge on any atom is -0.384 e. The van der Waals surface area contributed by atoms with Gasteiger partial charge in [-0.3, -0.25) is 0 Å². The van der Waals surface area contributed by atoms with Crippen LogP contribution in [-0.2, 0) is 0 Å². The lowest BCUT2D eigenvalue weighted by molar-refractivity contribution is 0.974. The van der Waals surface area contributed by atoms with Crippen LogP contribution >= 0.6 is 0 Å². The van der Waals surface area contributed by atoms with Crippen LogP contribution in [0.2, 0.25) is 0 Å². The Hall–Kier alpha value is -1.51. The number of anilines is 1. The van der Waals surface area contributed by atoms with E-state index in [0.717, 1.165) is 11.1 Å². The van der Waals surface area contributed by atoms with Gasteiger partial charge in [-0.15, -0.1) is 0 Å². The molecule has 0 bridgehead atoms. The van der Waals surface area contributed by atoms with Gasteiger partial charge in [-0.05, 0) is 24.6 Å². The van der Waals surface area contributed by atoms with Gasteiger partial charge in [0.05, 0.1) is 11.7 Å². The average Bonchev–Trinajstić information content (AvgIpc) is 2.35. The van der Waals surface area contributed by atoms with E-state index in [-0.39, 0.29) is 0 Å². The number of aryl methyl sites for hydroxylation is 1. The van der Waals surface area contributed by atoms with Crippen LogP contribution in [0, 0.1) is 6.92 Å². The van der Waals surface area contributed by atoms with Gasteiger partial charge < -0.3 is 5.73 Å². The largest absolute Gasteiger partial charge is 0.384 e. The molecule has 0 atom stereocenters. The Balaban J connectivity index is 2.94. The zero-order valence-corrected chi connectivity index (χ0v) is 6.28. The second-order valence-electron chi connectivity index (χ2n) is 2.58. The van der Waals surface area contributed by atoms with E-state index in [1.165, 1.54) is 0 Å². The maximum Gasteiger partial charge on any atom is 0.125 e. The molecule has 0 aromatic carbocycles. The Kier molecular flexibility index (Phi) is 1.12. The normalized spacial score (nSPS) is 10.6. The Morgan fingerprint density at radius 1 is 1.45 bits per heavy atom. The summed E-state index contributed by atoms with van der Waals surface area (Å²) in [6, 6.07) is 5.76. The predicted octanol–water partition coefficient (Wildman–Crippen LogP) is 1.22. The molecule has 2 rings (SSSR count). The van der Waals surface area contributed by atoms with E-state index in [4.69, 9.17) is 5.73 Å². The first-order valence-corrected chi connectivity index (χ1v) is 3.48. The van der Waals surface area contributed by atoms with Crippen LogP contribution < -0.4 is 5.73 Å². The van der Waals surface area contributed by atoms with E-state index >= 15 is 0 Å². The smallest absolute Gasteiger partial charge is 0.125 e. The molecule has 0 saturated carbocycles. The first-order chi connectivity index (χ1) is 5.29. The standard InChI is InChI=1S/C8H9N3/c1-6-5-10-11-7(6)3-2-4-8(11)9/h2-5H,9H2,1H3. The highest BCUT2D eigenvalue weighted by atomic mass is 15.2. The third-order valence-electron chi connectivity index (χ3n) is 1.76. The maximum absolute atomic E-state index is 5.67. The first kappa shape index (κ1) is 6.22. The molecule has 3 heteroatoms. The molecule has 0 amide bonds. The monoisotopic (exact) mass is 147 g/mol. The molecule has 0 fully saturated rings. The van der Waals surface area contributed by atoms with Crippen LogP contribution in [0.25, 0.3) is 5.52 Å². The Morgan fingerprint density at radius 2 is 2.27 bits per heavy atom. The van der Waals surface area contributed by atoms with Crippen LogP contribution in [0.5, 0.6) is 0 Å². The molecule has 0 aliphatic heterocycles. The highest BCUT2D eigenvalue weighted by Gasteiger charge is 1.99. The van der Waals surface area contributed by atoms with Gasteiger partial charge in [0.25, 0.3) is 0 Å². The van der Waals surface area contributed by atoms with Crippen molar-refractivity contribution in [1.82, 2.24) is 9.61 Å². The highest BCUT2D eigenvalue weighted by molar-refractivity contribution is 5.57. The summed E-state index contributed by atoms with van der Waals surface area (Å²) in [5, 5.41) is 4.11. The average molecular weight is 147 g/mol. The molecule has 0 aliphatic carbocycles. The van der Waals surface area contributed by atoms with Gasteiger partial charge in [-0.1, -0.05) is 6.07 Å². The quantitative estimate of drug-likeness (QED) is 0.609. The van der Waals surface area contributed by atoms with Gasteiger partial charge in [-0.2, -0.15) is 5.10 Å². The molecule has 2 aromatic heterocycles. The second-order valence-corrected chi connectivity index (χ2v) is 2.58. The SMILES string of the molecule is Cc1cnn2c(N)cccc12. The van der Waals surface area contributed by atoms with E-state index < -0.39 is 0 Å². The van der Waals surface area contributed by atoms with Gasteiger partial charge in [0.2, 0.25) is 0 Å². The fraction of sp³-hybridized carbons (Fsp3) is 0.125. The van der Waals surface area contributed by atoms with Crippen molar-refractivity contribution in [3.8, 4) is 0 Å². The topological polar surface area (TPSA) is 43.3 Å². The van der Waals surface area contributed by atoms with Gasteiger partial charge in [-0.25, -0.2) is 4.52 Å². The van der Waals surface area contributed by atoms with Crippen molar-refractivity contribution in [2.24, 2.45) is 0 Å². The van der Waals surface area contributed by atoms with Crippen molar-refractivity contribution >= 4 is 11.3 Å². The Labute approximate surface area is 64.4 Å². The molecule has 0 aliphatic rings. The number of nitrogens with zero attached hydrogens (tertiary/aromatic N) is 2. The third kappa shape index (κ3) is 0.774. The number of nitrogens with two attached hydrogens (primary N) is 1. The van der Waals surface area contributed by atoms with Crippen molar-refractivity contribution in [2.45, 2.75) is 6.92 Å². The number of fused-ring (bicyclic) bond motifs is 1. The zero-order valence-electron chi connectivity index (χ0n) is 6.28. The van der Waals surface area contributed by atoms with Crippen molar-refractivity contribution < 1.29 is 0 Å². The van der Waals surface area contributed by atoms with E-state index in [2.05, 4.69) is 5.10 Å². The summed E-state index contributed by atoms with van der Waals surface area (Å²) in [5.41, 5.74) is 7.89. The molecule has 0 saturated heterocycles. The van der Waals surface area contributed by atoms with Crippen LogP contribution in [-0.4, -0.2) is 9.61 Å². The summed E-state index contributed by atoms with van der Waals surface area (Å²) in [7, 11) is 0. The van der Waals surface area contributed by atoms with Crippen LogP contribution in [0.1, 0.15) is 5.56 Å². The van der Waals surface area contributed by atoms with E-state index in [1.54, 1.807) is 4.52 Å². The van der Waals surface area contributed by atoms with Gasteiger partial charge >= 0.3 is 0 Å². The fourth-order valence-corrected chi connectivity index (χ4v) is 1.16. The van der Waals surface area contributed by atoms with Crippen LogP contribution in [0.15, 0.2) is 24.4 Å². The van der Waals surface area contributed by atoms with Gasteiger partial charge in [0.1, 0.15) is 5.82 Å². The molecule has 2 heterocycles. The lowest BCUT2D eigenvalue weighted by Gasteiger charge is -1.96. The summed E-state index contributed by atoms with van der Waals surface area (Å²) < 4.78 is 1.73. The summed E-state index contributed by atoms with van der Waals surface area (Å²) in [6.07, 6.45) is 1.81. The van der Waals surface area contributed by atoms with E-state index in [9.17, 15) is 0 Å². The third-order valence-corrected chi connectivity index (χ3v) is 1.76. The molecule has 0 unspecified atom stereocenters. The lowest BCUT2D eigenvalue weighted by Crippen LogP contribution is -1.96. The fourth-order valence-electron chi connectivity index (χ4n) is 1.16. The molecular formula is C8H9N3. The number of nitrogen functional groups attached to an aromatic ring is 1. The minimum atomic E-state index is 0.676. The predicted molar refractivity (Wildman–Crippen MR) is 44.3 cm³/mol. The summed E-state index contributed by atoms with van der Waals surface area (Å²) in [5.74, 6) is 0.676. The molecule has 2 aromatic rings. The zero-order chi connectivity index (χ0) is 7.84. The van der Waals surface area contributed by atoms with Gasteiger partial charge in [0, 0.05) is 0 Å². The first-order valence-electron chi connectivity index (χ1n) is 3.48. The van der Waals surface area contributed by atoms with Crippen molar-refractivity contribution in [1.29, 1.82) is 0 Å². The maximum atomic E-state index is 5.67. The van der Waals surface area contributed by atoms with E-state index in [0.29, 0.717) is 5.82 Å².